The molecule has 4 rings (SSSR count). The molecule has 1 aliphatic heterocycles. The van der Waals surface area contributed by atoms with Gasteiger partial charge in [0, 0.05) is 30.4 Å². The van der Waals surface area contributed by atoms with Gasteiger partial charge in [-0.05, 0) is 12.1 Å². The SMILES string of the molecule is CC1(CNC(=O)c2cn3cc(Oc4ncc(Cl)cc4OCC(F)(F)F)ccc3n2)CS(=O)(=O)C1. The fraction of sp³-hybridized carbons (Fsp3) is 0.350. The first-order valence-electron chi connectivity index (χ1n) is 9.81. The van der Waals surface area contributed by atoms with Crippen molar-refractivity contribution in [3.8, 4) is 17.4 Å². The van der Waals surface area contributed by atoms with Crippen molar-refractivity contribution in [2.24, 2.45) is 5.41 Å². The highest BCUT2D eigenvalue weighted by Crippen LogP contribution is 2.33. The lowest BCUT2D eigenvalue weighted by Crippen LogP contribution is -2.52. The number of carbonyl (C=O) groups excluding carboxylic acids is 1. The van der Waals surface area contributed by atoms with E-state index in [0.717, 1.165) is 6.07 Å². The van der Waals surface area contributed by atoms with Gasteiger partial charge in [-0.1, -0.05) is 18.5 Å². The van der Waals surface area contributed by atoms with E-state index in [1.807, 2.05) is 0 Å². The normalized spacial score (nSPS) is 16.6. The molecule has 1 aliphatic rings. The van der Waals surface area contributed by atoms with Gasteiger partial charge in [0.2, 0.25) is 0 Å². The maximum Gasteiger partial charge on any atom is 0.422 e. The molecule has 1 saturated heterocycles. The first-order valence-corrected chi connectivity index (χ1v) is 12.0. The Hall–Kier alpha value is -3.06. The van der Waals surface area contributed by atoms with Gasteiger partial charge in [-0.2, -0.15) is 13.2 Å². The number of hydrogen-bond donors (Lipinski definition) is 1. The minimum atomic E-state index is -4.56. The van der Waals surface area contributed by atoms with Gasteiger partial charge < -0.3 is 19.2 Å². The Kier molecular flexibility index (Phi) is 6.10. The highest BCUT2D eigenvalue weighted by molar-refractivity contribution is 7.92. The quantitative estimate of drug-likeness (QED) is 0.511. The molecular weight excluding hydrogens is 501 g/mol. The predicted octanol–water partition coefficient (Wildman–Crippen LogP) is 3.28. The van der Waals surface area contributed by atoms with E-state index >= 15 is 0 Å². The molecule has 0 bridgehead atoms. The minimum Gasteiger partial charge on any atom is -0.478 e. The molecule has 0 radical (unpaired) electrons. The number of imidazole rings is 1. The molecule has 0 atom stereocenters. The molecule has 1 fully saturated rings. The smallest absolute Gasteiger partial charge is 0.422 e. The number of amides is 1. The molecule has 9 nitrogen and oxygen atoms in total. The number of nitrogens with one attached hydrogen (secondary N) is 1. The number of ether oxygens (including phenoxy) is 2. The van der Waals surface area contributed by atoms with Gasteiger partial charge >= 0.3 is 6.18 Å². The zero-order valence-corrected chi connectivity index (χ0v) is 19.2. The molecule has 3 aromatic rings. The van der Waals surface area contributed by atoms with Crippen LogP contribution in [0.5, 0.6) is 17.4 Å². The number of carbonyl (C=O) groups is 1. The van der Waals surface area contributed by atoms with Crippen LogP contribution in [0.1, 0.15) is 17.4 Å². The topological polar surface area (TPSA) is 112 Å². The third-order valence-corrected chi connectivity index (χ3v) is 7.34. The van der Waals surface area contributed by atoms with Gasteiger partial charge in [-0.3, -0.25) is 4.79 Å². The molecule has 1 amide bonds. The van der Waals surface area contributed by atoms with Crippen molar-refractivity contribution < 1.29 is 35.9 Å². The molecule has 182 valence electrons. The summed E-state index contributed by atoms with van der Waals surface area (Å²) in [7, 11) is -3.03. The lowest BCUT2D eigenvalue weighted by Gasteiger charge is -2.37. The lowest BCUT2D eigenvalue weighted by atomic mass is 9.95. The van der Waals surface area contributed by atoms with Gasteiger partial charge in [-0.25, -0.2) is 18.4 Å². The Morgan fingerprint density at radius 2 is 2.03 bits per heavy atom. The fourth-order valence-electron chi connectivity index (χ4n) is 3.51. The second-order valence-electron chi connectivity index (χ2n) is 8.24. The highest BCUT2D eigenvalue weighted by atomic mass is 35.5. The lowest BCUT2D eigenvalue weighted by molar-refractivity contribution is -0.153. The molecule has 4 heterocycles. The summed E-state index contributed by atoms with van der Waals surface area (Å²) in [5.41, 5.74) is 0.000801. The molecule has 0 unspecified atom stereocenters. The van der Waals surface area contributed by atoms with Gasteiger partial charge in [0.15, 0.2) is 22.2 Å². The highest BCUT2D eigenvalue weighted by Gasteiger charge is 2.44. The molecule has 1 N–H and O–H groups in total. The molecule has 0 aliphatic carbocycles. The maximum absolute atomic E-state index is 12.5. The summed E-state index contributed by atoms with van der Waals surface area (Å²) < 4.78 is 72.2. The standard InChI is InChI=1S/C20H18ClF3N4O5S/c1-19(10-34(30,31)11-19)8-26-17(29)14-7-28-6-13(2-3-16(28)27-14)33-18-15(4-12(21)5-25-18)32-9-20(22,23)24/h2-7H,8-11H2,1H3,(H,26,29). The van der Waals surface area contributed by atoms with Crippen LogP contribution in [0.3, 0.4) is 0 Å². The van der Waals surface area contributed by atoms with E-state index in [2.05, 4.69) is 15.3 Å². The van der Waals surface area contributed by atoms with Crippen LogP contribution in [0.25, 0.3) is 5.65 Å². The summed E-state index contributed by atoms with van der Waals surface area (Å²) >= 11 is 5.80. The Bertz CT molecular complexity index is 1350. The second-order valence-corrected chi connectivity index (χ2v) is 10.7. The van der Waals surface area contributed by atoms with E-state index < -0.39 is 33.9 Å². The Balaban J connectivity index is 1.47. The van der Waals surface area contributed by atoms with Crippen LogP contribution in [0.4, 0.5) is 13.2 Å². The molecule has 34 heavy (non-hydrogen) atoms. The van der Waals surface area contributed by atoms with Crippen LogP contribution < -0.4 is 14.8 Å². The average Bonchev–Trinajstić information content (AvgIpc) is 3.13. The summed E-state index contributed by atoms with van der Waals surface area (Å²) in [5, 5.41) is 2.76. The number of hydrogen-bond acceptors (Lipinski definition) is 7. The zero-order valence-electron chi connectivity index (χ0n) is 17.6. The average molecular weight is 519 g/mol. The van der Waals surface area contributed by atoms with Crippen LogP contribution in [-0.2, 0) is 9.84 Å². The second kappa shape index (κ2) is 8.62. The maximum atomic E-state index is 12.5. The van der Waals surface area contributed by atoms with Crippen molar-refractivity contribution in [1.82, 2.24) is 19.7 Å². The van der Waals surface area contributed by atoms with Crippen LogP contribution in [0, 0.1) is 5.41 Å². The summed E-state index contributed by atoms with van der Waals surface area (Å²) in [6.07, 6.45) is -0.462. The van der Waals surface area contributed by atoms with E-state index in [1.54, 1.807) is 6.92 Å². The number of aromatic nitrogens is 3. The van der Waals surface area contributed by atoms with E-state index in [9.17, 15) is 26.4 Å². The first-order chi connectivity index (χ1) is 15.8. The third kappa shape index (κ3) is 5.70. The number of halogens is 4. The molecular formula is C20H18ClF3N4O5S. The fourth-order valence-corrected chi connectivity index (χ4v) is 5.90. The van der Waals surface area contributed by atoms with E-state index in [4.69, 9.17) is 21.1 Å². The van der Waals surface area contributed by atoms with Crippen LogP contribution >= 0.6 is 11.6 Å². The Morgan fingerprint density at radius 3 is 2.71 bits per heavy atom. The summed E-state index contributed by atoms with van der Waals surface area (Å²) in [5.74, 6) is -0.773. The number of alkyl halides is 3. The van der Waals surface area contributed by atoms with Gasteiger partial charge in [0.25, 0.3) is 11.8 Å². The van der Waals surface area contributed by atoms with Crippen molar-refractivity contribution in [1.29, 1.82) is 0 Å². The van der Waals surface area contributed by atoms with Crippen LogP contribution in [-0.4, -0.2) is 59.5 Å². The molecule has 0 saturated carbocycles. The van der Waals surface area contributed by atoms with E-state index in [0.29, 0.717) is 5.65 Å². The third-order valence-electron chi connectivity index (χ3n) is 4.86. The number of fused-ring (bicyclic) bond motifs is 1. The molecule has 14 heteroatoms. The number of nitrogens with zero attached hydrogens (tertiary/aromatic N) is 3. The van der Waals surface area contributed by atoms with Gasteiger partial charge in [0.05, 0.1) is 22.7 Å². The monoisotopic (exact) mass is 518 g/mol. The van der Waals surface area contributed by atoms with E-state index in [-0.39, 0.29) is 46.1 Å². The Labute approximate surface area is 196 Å². The van der Waals surface area contributed by atoms with Crippen molar-refractivity contribution in [3.05, 3.63) is 47.5 Å². The predicted molar refractivity (Wildman–Crippen MR) is 115 cm³/mol. The van der Waals surface area contributed by atoms with Crippen LogP contribution in [0.15, 0.2) is 36.8 Å². The van der Waals surface area contributed by atoms with Crippen molar-refractivity contribution in [3.63, 3.8) is 0 Å². The molecule has 0 spiro atoms. The van der Waals surface area contributed by atoms with Gasteiger partial charge in [-0.15, -0.1) is 0 Å². The minimum absolute atomic E-state index is 0.0134. The van der Waals surface area contributed by atoms with Crippen molar-refractivity contribution >= 4 is 33.0 Å². The molecule has 3 aromatic heterocycles. The number of rotatable bonds is 7. The zero-order chi connectivity index (χ0) is 24.7. The number of pyridine rings is 2. The van der Waals surface area contributed by atoms with Crippen molar-refractivity contribution in [2.75, 3.05) is 24.7 Å². The largest absolute Gasteiger partial charge is 0.478 e. The summed E-state index contributed by atoms with van der Waals surface area (Å²) in [6, 6.07) is 4.19. The first kappa shape index (κ1) is 24.1. The summed E-state index contributed by atoms with van der Waals surface area (Å²) in [4.78, 5) is 20.6. The van der Waals surface area contributed by atoms with E-state index in [1.165, 1.54) is 35.1 Å². The van der Waals surface area contributed by atoms with Crippen LogP contribution in [0.2, 0.25) is 5.02 Å². The number of sulfone groups is 1. The van der Waals surface area contributed by atoms with Crippen molar-refractivity contribution in [2.45, 2.75) is 13.1 Å². The Morgan fingerprint density at radius 1 is 1.29 bits per heavy atom. The molecule has 0 aromatic carbocycles. The van der Waals surface area contributed by atoms with Gasteiger partial charge in [0.1, 0.15) is 17.1 Å². The summed E-state index contributed by atoms with van der Waals surface area (Å²) in [6.45, 7) is 0.421.